The van der Waals surface area contributed by atoms with Gasteiger partial charge in [-0.1, -0.05) is 13.8 Å². The normalized spacial score (nSPS) is 18.8. The minimum Gasteiger partial charge on any atom is -0.473 e. The number of H-pyrrole nitrogens is 1. The highest BCUT2D eigenvalue weighted by Crippen LogP contribution is 2.37. The zero-order valence-corrected chi connectivity index (χ0v) is 12.9. The van der Waals surface area contributed by atoms with Gasteiger partial charge in [0, 0.05) is 6.54 Å². The Labute approximate surface area is 124 Å². The highest BCUT2D eigenvalue weighted by atomic mass is 16.5. The predicted molar refractivity (Wildman–Crippen MR) is 82.5 cm³/mol. The van der Waals surface area contributed by atoms with Gasteiger partial charge in [0.15, 0.2) is 5.65 Å². The molecule has 1 fully saturated rings. The first-order chi connectivity index (χ1) is 10.1. The SMILES string of the molecule is CCNc1nc(OC2CCC(C)(C)CC2)c2[nH]cnc2n1. The van der Waals surface area contributed by atoms with E-state index in [9.17, 15) is 0 Å². The van der Waals surface area contributed by atoms with Crippen molar-refractivity contribution in [3.8, 4) is 5.88 Å². The highest BCUT2D eigenvalue weighted by Gasteiger charge is 2.28. The minimum atomic E-state index is 0.230. The zero-order valence-electron chi connectivity index (χ0n) is 12.9. The third-order valence-electron chi connectivity index (χ3n) is 4.15. The van der Waals surface area contributed by atoms with E-state index in [1.807, 2.05) is 6.92 Å². The van der Waals surface area contributed by atoms with Crippen molar-refractivity contribution >= 4 is 17.1 Å². The van der Waals surface area contributed by atoms with E-state index in [-0.39, 0.29) is 6.10 Å². The lowest BCUT2D eigenvalue weighted by molar-refractivity contribution is 0.0962. The first-order valence-electron chi connectivity index (χ1n) is 7.69. The predicted octanol–water partition coefficient (Wildman–Crippen LogP) is 3.13. The fourth-order valence-corrected chi connectivity index (χ4v) is 2.78. The van der Waals surface area contributed by atoms with Crippen molar-refractivity contribution in [2.24, 2.45) is 5.41 Å². The number of rotatable bonds is 4. The fourth-order valence-electron chi connectivity index (χ4n) is 2.78. The molecule has 0 aromatic carbocycles. The average molecular weight is 289 g/mol. The molecule has 0 bridgehead atoms. The molecule has 6 heteroatoms. The van der Waals surface area contributed by atoms with Gasteiger partial charge in [-0.15, -0.1) is 0 Å². The van der Waals surface area contributed by atoms with E-state index in [0.29, 0.717) is 22.9 Å². The summed E-state index contributed by atoms with van der Waals surface area (Å²) in [5.74, 6) is 1.18. The van der Waals surface area contributed by atoms with E-state index in [4.69, 9.17) is 4.74 Å². The third-order valence-corrected chi connectivity index (χ3v) is 4.15. The van der Waals surface area contributed by atoms with Gasteiger partial charge in [0.05, 0.1) is 6.33 Å². The summed E-state index contributed by atoms with van der Waals surface area (Å²) in [6, 6.07) is 0. The number of aromatic amines is 1. The lowest BCUT2D eigenvalue weighted by Gasteiger charge is -2.34. The average Bonchev–Trinajstić information content (AvgIpc) is 2.90. The molecule has 2 aromatic heterocycles. The molecule has 0 aliphatic heterocycles. The van der Waals surface area contributed by atoms with Gasteiger partial charge in [-0.3, -0.25) is 0 Å². The summed E-state index contributed by atoms with van der Waals surface area (Å²) < 4.78 is 6.14. The zero-order chi connectivity index (χ0) is 14.9. The summed E-state index contributed by atoms with van der Waals surface area (Å²) in [7, 11) is 0. The van der Waals surface area contributed by atoms with Gasteiger partial charge in [-0.2, -0.15) is 9.97 Å². The molecule has 1 aliphatic carbocycles. The number of ether oxygens (including phenoxy) is 1. The number of nitrogens with zero attached hydrogens (tertiary/aromatic N) is 3. The van der Waals surface area contributed by atoms with E-state index in [1.165, 1.54) is 12.8 Å². The molecule has 2 aromatic rings. The summed E-state index contributed by atoms with van der Waals surface area (Å²) in [5.41, 5.74) is 1.86. The summed E-state index contributed by atoms with van der Waals surface area (Å²) in [6.45, 7) is 7.43. The third kappa shape index (κ3) is 3.09. The van der Waals surface area contributed by atoms with Crippen LogP contribution in [0.1, 0.15) is 46.5 Å². The van der Waals surface area contributed by atoms with Crippen LogP contribution in [0, 0.1) is 5.41 Å². The second kappa shape index (κ2) is 5.50. The molecule has 3 rings (SSSR count). The second-order valence-electron chi connectivity index (χ2n) is 6.47. The van der Waals surface area contributed by atoms with Crippen LogP contribution in [0.5, 0.6) is 5.88 Å². The smallest absolute Gasteiger partial charge is 0.245 e. The van der Waals surface area contributed by atoms with Crippen LogP contribution >= 0.6 is 0 Å². The molecule has 114 valence electrons. The molecule has 6 nitrogen and oxygen atoms in total. The Hall–Kier alpha value is -1.85. The molecule has 0 amide bonds. The summed E-state index contributed by atoms with van der Waals surface area (Å²) in [5, 5.41) is 3.12. The number of fused-ring (bicyclic) bond motifs is 1. The van der Waals surface area contributed by atoms with Gasteiger partial charge in [0.2, 0.25) is 11.8 Å². The van der Waals surface area contributed by atoms with Crippen molar-refractivity contribution in [2.45, 2.75) is 52.6 Å². The maximum absolute atomic E-state index is 6.14. The Kier molecular flexibility index (Phi) is 3.69. The number of imidazole rings is 1. The van der Waals surface area contributed by atoms with Crippen LogP contribution < -0.4 is 10.1 Å². The van der Waals surface area contributed by atoms with Crippen molar-refractivity contribution in [3.63, 3.8) is 0 Å². The summed E-state index contributed by atoms with van der Waals surface area (Å²) >= 11 is 0. The van der Waals surface area contributed by atoms with E-state index in [0.717, 1.165) is 24.9 Å². The molecule has 0 atom stereocenters. The first kappa shape index (κ1) is 14.1. The van der Waals surface area contributed by atoms with E-state index >= 15 is 0 Å². The molecule has 0 radical (unpaired) electrons. The minimum absolute atomic E-state index is 0.230. The Balaban J connectivity index is 1.81. The standard InChI is InChI=1S/C15H23N5O/c1-4-16-14-19-12-11(17-9-18-12)13(20-14)21-10-5-7-15(2,3)8-6-10/h9-10H,4-8H2,1-3H3,(H2,16,17,18,19,20). The van der Waals surface area contributed by atoms with Crippen LogP contribution in [-0.4, -0.2) is 32.6 Å². The van der Waals surface area contributed by atoms with E-state index < -0.39 is 0 Å². The van der Waals surface area contributed by atoms with Crippen molar-refractivity contribution in [2.75, 3.05) is 11.9 Å². The van der Waals surface area contributed by atoms with Crippen molar-refractivity contribution in [3.05, 3.63) is 6.33 Å². The maximum atomic E-state index is 6.14. The van der Waals surface area contributed by atoms with Crippen LogP contribution in [0.2, 0.25) is 0 Å². The van der Waals surface area contributed by atoms with Gasteiger partial charge in [0.1, 0.15) is 11.6 Å². The number of hydrogen-bond acceptors (Lipinski definition) is 5. The first-order valence-corrected chi connectivity index (χ1v) is 7.69. The van der Waals surface area contributed by atoms with Gasteiger partial charge in [-0.05, 0) is 38.0 Å². The van der Waals surface area contributed by atoms with Crippen LogP contribution in [-0.2, 0) is 0 Å². The van der Waals surface area contributed by atoms with E-state index in [2.05, 4.69) is 39.1 Å². The van der Waals surface area contributed by atoms with Gasteiger partial charge < -0.3 is 15.0 Å². The van der Waals surface area contributed by atoms with Gasteiger partial charge in [0.25, 0.3) is 0 Å². The van der Waals surface area contributed by atoms with Crippen LogP contribution in [0.25, 0.3) is 11.2 Å². The fraction of sp³-hybridized carbons (Fsp3) is 0.667. The Bertz CT molecular complexity index is 612. The molecule has 1 saturated carbocycles. The molecular formula is C15H23N5O. The number of nitrogens with one attached hydrogen (secondary N) is 2. The Morgan fingerprint density at radius 3 is 2.81 bits per heavy atom. The van der Waals surface area contributed by atoms with Crippen LogP contribution in [0.15, 0.2) is 6.33 Å². The molecule has 21 heavy (non-hydrogen) atoms. The van der Waals surface area contributed by atoms with E-state index in [1.54, 1.807) is 6.33 Å². The molecule has 0 spiro atoms. The highest BCUT2D eigenvalue weighted by molar-refractivity contribution is 5.76. The molecule has 0 saturated heterocycles. The van der Waals surface area contributed by atoms with Crippen LogP contribution in [0.3, 0.4) is 0 Å². The van der Waals surface area contributed by atoms with Crippen molar-refractivity contribution < 1.29 is 4.74 Å². The largest absolute Gasteiger partial charge is 0.473 e. The second-order valence-corrected chi connectivity index (χ2v) is 6.47. The molecule has 0 unspecified atom stereocenters. The van der Waals surface area contributed by atoms with Crippen molar-refractivity contribution in [1.82, 2.24) is 19.9 Å². The Morgan fingerprint density at radius 1 is 1.33 bits per heavy atom. The lowest BCUT2D eigenvalue weighted by Crippen LogP contribution is -2.28. The van der Waals surface area contributed by atoms with Crippen LogP contribution in [0.4, 0.5) is 5.95 Å². The number of aromatic nitrogens is 4. The quantitative estimate of drug-likeness (QED) is 0.904. The monoisotopic (exact) mass is 289 g/mol. The lowest BCUT2D eigenvalue weighted by atomic mass is 9.76. The molecule has 1 aliphatic rings. The molecule has 2 N–H and O–H groups in total. The van der Waals surface area contributed by atoms with Gasteiger partial charge in [-0.25, -0.2) is 4.98 Å². The van der Waals surface area contributed by atoms with Crippen molar-refractivity contribution in [1.29, 1.82) is 0 Å². The summed E-state index contributed by atoms with van der Waals surface area (Å²) in [4.78, 5) is 16.1. The number of anilines is 1. The van der Waals surface area contributed by atoms with Gasteiger partial charge >= 0.3 is 0 Å². The summed E-state index contributed by atoms with van der Waals surface area (Å²) in [6.07, 6.45) is 6.39. The Morgan fingerprint density at radius 2 is 2.10 bits per heavy atom. The maximum Gasteiger partial charge on any atom is 0.245 e. The topological polar surface area (TPSA) is 75.7 Å². The molecular weight excluding hydrogens is 266 g/mol. The molecule has 2 heterocycles. The number of hydrogen-bond donors (Lipinski definition) is 2.